The van der Waals surface area contributed by atoms with Crippen LogP contribution >= 0.6 is 0 Å². The average molecular weight is 335 g/mol. The Labute approximate surface area is 143 Å². The van der Waals surface area contributed by atoms with E-state index in [4.69, 9.17) is 4.74 Å². The van der Waals surface area contributed by atoms with Crippen LogP contribution < -0.4 is 27.4 Å². The van der Waals surface area contributed by atoms with Gasteiger partial charge in [-0.1, -0.05) is 18.2 Å². The maximum Gasteiger partial charge on any atom is 0.251 e. The number of hydrogen-bond donors (Lipinski definition) is 2. The summed E-state index contributed by atoms with van der Waals surface area (Å²) in [6.45, 7) is 1.75. The molecule has 0 fully saturated rings. The van der Waals surface area contributed by atoms with Gasteiger partial charge in [-0.25, -0.2) is 0 Å². The zero-order valence-corrected chi connectivity index (χ0v) is 14.3. The second-order valence-electron chi connectivity index (χ2n) is 5.51. The van der Waals surface area contributed by atoms with E-state index in [-0.39, 0.29) is 18.3 Å². The molecule has 0 atom stereocenters. The lowest BCUT2D eigenvalue weighted by molar-refractivity contribution is -0.858. The summed E-state index contributed by atoms with van der Waals surface area (Å²) in [5, 5.41) is 2.93. The van der Waals surface area contributed by atoms with Crippen molar-refractivity contribution in [2.24, 2.45) is 0 Å². The Kier molecular flexibility index (Phi) is 8.16. The monoisotopic (exact) mass is 334 g/mol. The molecule has 0 radical (unpaired) electrons. The van der Waals surface area contributed by atoms with Crippen molar-refractivity contribution in [3.05, 3.63) is 60.2 Å². The van der Waals surface area contributed by atoms with E-state index in [1.54, 1.807) is 12.1 Å². The molecule has 0 heterocycles. The summed E-state index contributed by atoms with van der Waals surface area (Å²) in [5.74, 6) is 1.46. The van der Waals surface area contributed by atoms with Crippen LogP contribution in [0.3, 0.4) is 0 Å². The molecule has 0 saturated heterocycles. The van der Waals surface area contributed by atoms with Crippen LogP contribution in [0.1, 0.15) is 16.8 Å². The van der Waals surface area contributed by atoms with Crippen LogP contribution in [0.25, 0.3) is 0 Å². The first kappa shape index (κ1) is 19.0. The number of rotatable bonds is 7. The maximum atomic E-state index is 12.0. The third-order valence-corrected chi connectivity index (χ3v) is 3.23. The summed E-state index contributed by atoms with van der Waals surface area (Å²) in [4.78, 5) is 13.4. The van der Waals surface area contributed by atoms with E-state index in [2.05, 4.69) is 19.4 Å². The van der Waals surface area contributed by atoms with Crippen molar-refractivity contribution >= 4 is 5.91 Å². The number of halogens is 1. The van der Waals surface area contributed by atoms with Gasteiger partial charge in [0.2, 0.25) is 0 Å². The molecule has 1 amide bonds. The number of carbonyl (C=O) groups is 1. The van der Waals surface area contributed by atoms with Gasteiger partial charge in [0.1, 0.15) is 11.5 Å². The third-order valence-electron chi connectivity index (χ3n) is 3.23. The molecule has 124 valence electrons. The van der Waals surface area contributed by atoms with Gasteiger partial charge >= 0.3 is 0 Å². The molecule has 4 nitrogen and oxygen atoms in total. The molecule has 0 saturated carbocycles. The number of hydrogen-bond acceptors (Lipinski definition) is 2. The summed E-state index contributed by atoms with van der Waals surface area (Å²) in [6.07, 6.45) is 0.975. The van der Waals surface area contributed by atoms with Crippen molar-refractivity contribution in [3.63, 3.8) is 0 Å². The van der Waals surface area contributed by atoms with Gasteiger partial charge in [-0.2, -0.15) is 0 Å². The summed E-state index contributed by atoms with van der Waals surface area (Å²) in [7, 11) is 4.21. The molecule has 2 aromatic rings. The number of nitrogens with one attached hydrogen (secondary N) is 2. The topological polar surface area (TPSA) is 42.8 Å². The molecule has 5 heteroatoms. The van der Waals surface area contributed by atoms with Gasteiger partial charge in [0, 0.05) is 18.5 Å². The predicted molar refractivity (Wildman–Crippen MR) is 87.6 cm³/mol. The van der Waals surface area contributed by atoms with E-state index in [1.807, 2.05) is 42.5 Å². The van der Waals surface area contributed by atoms with Crippen molar-refractivity contribution in [1.29, 1.82) is 0 Å². The fourth-order valence-corrected chi connectivity index (χ4v) is 2.04. The predicted octanol–water partition coefficient (Wildman–Crippen LogP) is -1.25. The quantitative estimate of drug-likeness (QED) is 0.621. The summed E-state index contributed by atoms with van der Waals surface area (Å²) in [6, 6.07) is 16.8. The van der Waals surface area contributed by atoms with Crippen LogP contribution in [0.15, 0.2) is 54.6 Å². The molecule has 2 rings (SSSR count). The zero-order chi connectivity index (χ0) is 15.8. The number of amides is 1. The molecule has 2 N–H and O–H groups in total. The number of benzene rings is 2. The van der Waals surface area contributed by atoms with Crippen LogP contribution in [-0.4, -0.2) is 33.1 Å². The highest BCUT2D eigenvalue weighted by atomic mass is 35.5. The van der Waals surface area contributed by atoms with E-state index >= 15 is 0 Å². The highest BCUT2D eigenvalue weighted by Gasteiger charge is 2.05. The first-order chi connectivity index (χ1) is 10.6. The highest BCUT2D eigenvalue weighted by Crippen LogP contribution is 2.20. The Morgan fingerprint density at radius 2 is 1.61 bits per heavy atom. The Hall–Kier alpha value is -2.04. The van der Waals surface area contributed by atoms with Crippen molar-refractivity contribution in [3.8, 4) is 11.5 Å². The lowest BCUT2D eigenvalue weighted by Crippen LogP contribution is -3.05. The molecule has 23 heavy (non-hydrogen) atoms. The van der Waals surface area contributed by atoms with Crippen molar-refractivity contribution in [1.82, 2.24) is 5.32 Å². The summed E-state index contributed by atoms with van der Waals surface area (Å²) in [5.41, 5.74) is 0.651. The fraction of sp³-hybridized carbons (Fsp3) is 0.278. The van der Waals surface area contributed by atoms with E-state index in [0.717, 1.165) is 24.5 Å². The van der Waals surface area contributed by atoms with Gasteiger partial charge < -0.3 is 27.4 Å². The second kappa shape index (κ2) is 9.87. The Bertz CT molecular complexity index is 586. The normalized spacial score (nSPS) is 10.0. The van der Waals surface area contributed by atoms with Gasteiger partial charge in [-0.15, -0.1) is 0 Å². The molecule has 0 spiro atoms. The number of ether oxygens (including phenoxy) is 1. The number of quaternary nitrogens is 1. The maximum absolute atomic E-state index is 12.0. The molecule has 0 aromatic heterocycles. The molecular formula is C18H23ClN2O2. The number of carbonyl (C=O) groups excluding carboxylic acids is 1. The summed E-state index contributed by atoms with van der Waals surface area (Å²) >= 11 is 0. The van der Waals surface area contributed by atoms with Crippen molar-refractivity contribution in [2.45, 2.75) is 6.42 Å². The van der Waals surface area contributed by atoms with E-state index in [0.29, 0.717) is 12.1 Å². The average Bonchev–Trinajstić information content (AvgIpc) is 2.53. The molecule has 0 aliphatic rings. The summed E-state index contributed by atoms with van der Waals surface area (Å²) < 4.78 is 5.70. The standard InChI is InChI=1S/C18H22N2O2.ClH/c1-20(2)14-6-13-19-18(21)15-9-11-17(12-10-15)22-16-7-4-3-5-8-16;/h3-5,7-12H,6,13-14H2,1-2H3,(H,19,21);1H. The first-order valence-corrected chi connectivity index (χ1v) is 7.55. The fourth-order valence-electron chi connectivity index (χ4n) is 2.04. The van der Waals surface area contributed by atoms with Crippen molar-refractivity contribution < 1.29 is 26.8 Å². The molecule has 0 unspecified atom stereocenters. The van der Waals surface area contributed by atoms with Gasteiger partial charge in [-0.3, -0.25) is 4.79 Å². The van der Waals surface area contributed by atoms with Crippen LogP contribution in [0.2, 0.25) is 0 Å². The first-order valence-electron chi connectivity index (χ1n) is 7.55. The molecule has 0 aliphatic heterocycles. The molecule has 2 aromatic carbocycles. The minimum absolute atomic E-state index is 0. The van der Waals surface area contributed by atoms with E-state index in [9.17, 15) is 4.79 Å². The minimum atomic E-state index is -0.0417. The smallest absolute Gasteiger partial charge is 0.251 e. The Balaban J connectivity index is 0.00000264. The lowest BCUT2D eigenvalue weighted by Gasteiger charge is -2.09. The molecule has 0 bridgehead atoms. The Morgan fingerprint density at radius 3 is 2.22 bits per heavy atom. The van der Waals surface area contributed by atoms with Gasteiger partial charge in [0.15, 0.2) is 0 Å². The SMILES string of the molecule is C[NH+](C)CCCNC(=O)c1ccc(Oc2ccccc2)cc1.[Cl-]. The van der Waals surface area contributed by atoms with Crippen LogP contribution in [0.4, 0.5) is 0 Å². The Morgan fingerprint density at radius 1 is 1.00 bits per heavy atom. The molecular weight excluding hydrogens is 312 g/mol. The van der Waals surface area contributed by atoms with Gasteiger partial charge in [0.25, 0.3) is 5.91 Å². The van der Waals surface area contributed by atoms with Crippen LogP contribution in [-0.2, 0) is 0 Å². The van der Waals surface area contributed by atoms with Crippen molar-refractivity contribution in [2.75, 3.05) is 27.2 Å². The van der Waals surface area contributed by atoms with Crippen LogP contribution in [0.5, 0.6) is 11.5 Å². The zero-order valence-electron chi connectivity index (χ0n) is 13.5. The minimum Gasteiger partial charge on any atom is -1.00 e. The highest BCUT2D eigenvalue weighted by molar-refractivity contribution is 5.94. The molecule has 0 aliphatic carbocycles. The van der Waals surface area contributed by atoms with Gasteiger partial charge in [-0.05, 0) is 36.4 Å². The van der Waals surface area contributed by atoms with Gasteiger partial charge in [0.05, 0.1) is 20.6 Å². The van der Waals surface area contributed by atoms with E-state index < -0.39 is 0 Å². The van der Waals surface area contributed by atoms with Crippen LogP contribution in [0, 0.1) is 0 Å². The largest absolute Gasteiger partial charge is 1.00 e. The van der Waals surface area contributed by atoms with E-state index in [1.165, 1.54) is 4.90 Å². The lowest BCUT2D eigenvalue weighted by atomic mass is 10.2. The number of para-hydroxylation sites is 1. The second-order valence-corrected chi connectivity index (χ2v) is 5.51. The third kappa shape index (κ3) is 6.72.